The van der Waals surface area contributed by atoms with E-state index >= 15 is 0 Å². The van der Waals surface area contributed by atoms with Crippen molar-refractivity contribution in [2.24, 2.45) is 5.41 Å². The Morgan fingerprint density at radius 1 is 1.26 bits per heavy atom. The molecule has 0 saturated heterocycles. The van der Waals surface area contributed by atoms with E-state index in [1.807, 2.05) is 13.0 Å². The van der Waals surface area contributed by atoms with Crippen molar-refractivity contribution in [1.82, 2.24) is 10.6 Å². The molecular weight excluding hydrogens is 415 g/mol. The highest BCUT2D eigenvalue weighted by molar-refractivity contribution is 5.66. The van der Waals surface area contributed by atoms with E-state index in [0.717, 1.165) is 23.4 Å². The van der Waals surface area contributed by atoms with Crippen LogP contribution in [-0.4, -0.2) is 20.2 Å². The molecule has 2 aliphatic rings. The molecule has 0 spiro atoms. The minimum atomic E-state index is -4.44. The van der Waals surface area contributed by atoms with E-state index in [0.29, 0.717) is 12.0 Å². The summed E-state index contributed by atoms with van der Waals surface area (Å²) in [4.78, 5) is 0. The molecule has 0 amide bonds. The van der Waals surface area contributed by atoms with Gasteiger partial charge < -0.3 is 15.4 Å². The summed E-state index contributed by atoms with van der Waals surface area (Å²) in [5.41, 5.74) is 0.356. The molecule has 8 heteroatoms. The van der Waals surface area contributed by atoms with Gasteiger partial charge in [-0.05, 0) is 30.7 Å². The standard InChI is InChI=1S/C23H25F5N2O/c1-4-5-19(30-13-22(2)10-17(24)21(29-3)18(25)11-22)15-8-14-6-7-16(23(26,27)28)9-20(14)31-12-15/h5-10,29-30H,4,11-13H2,1-3H3/b19-5-. The molecular formula is C23H25F5N2O. The van der Waals surface area contributed by atoms with Gasteiger partial charge >= 0.3 is 6.18 Å². The number of hydrogen-bond acceptors (Lipinski definition) is 3. The quantitative estimate of drug-likeness (QED) is 0.530. The minimum Gasteiger partial charge on any atom is -0.488 e. The van der Waals surface area contributed by atoms with Crippen molar-refractivity contribution in [1.29, 1.82) is 0 Å². The fraction of sp³-hybridized carbons (Fsp3) is 0.391. The second-order valence-corrected chi connectivity index (χ2v) is 7.94. The van der Waals surface area contributed by atoms with Gasteiger partial charge in [-0.1, -0.05) is 26.0 Å². The molecule has 0 fully saturated rings. The summed E-state index contributed by atoms with van der Waals surface area (Å²) in [7, 11) is 1.47. The number of nitrogens with one attached hydrogen (secondary N) is 2. The zero-order chi connectivity index (χ0) is 22.8. The van der Waals surface area contributed by atoms with Crippen molar-refractivity contribution in [3.05, 3.63) is 70.1 Å². The smallest absolute Gasteiger partial charge is 0.416 e. The van der Waals surface area contributed by atoms with Gasteiger partial charge in [-0.3, -0.25) is 0 Å². The molecule has 0 bridgehead atoms. The second kappa shape index (κ2) is 8.77. The van der Waals surface area contributed by atoms with Gasteiger partial charge in [-0.15, -0.1) is 0 Å². The molecule has 1 atom stereocenters. The van der Waals surface area contributed by atoms with Gasteiger partial charge in [0.2, 0.25) is 0 Å². The first-order valence-electron chi connectivity index (χ1n) is 10.0. The van der Waals surface area contributed by atoms with Gasteiger partial charge in [-0.2, -0.15) is 13.2 Å². The van der Waals surface area contributed by atoms with Crippen molar-refractivity contribution < 1.29 is 26.7 Å². The molecule has 3 nitrogen and oxygen atoms in total. The maximum Gasteiger partial charge on any atom is 0.416 e. The Hall–Kier alpha value is -2.77. The normalized spacial score (nSPS) is 21.7. The van der Waals surface area contributed by atoms with Crippen LogP contribution in [0.2, 0.25) is 0 Å². The van der Waals surface area contributed by atoms with Crippen LogP contribution in [-0.2, 0) is 6.18 Å². The molecule has 0 saturated carbocycles. The summed E-state index contributed by atoms with van der Waals surface area (Å²) in [5, 5.41) is 5.79. The van der Waals surface area contributed by atoms with E-state index < -0.39 is 28.8 Å². The van der Waals surface area contributed by atoms with Crippen molar-refractivity contribution in [3.63, 3.8) is 0 Å². The van der Waals surface area contributed by atoms with Gasteiger partial charge in [0.05, 0.1) is 5.56 Å². The highest BCUT2D eigenvalue weighted by Gasteiger charge is 2.33. The zero-order valence-electron chi connectivity index (χ0n) is 17.6. The second-order valence-electron chi connectivity index (χ2n) is 7.94. The molecule has 1 aromatic rings. The first-order valence-corrected chi connectivity index (χ1v) is 10.0. The SMILES string of the molecule is CC/C=C(\NCC1(C)C=C(F)C(NC)=C(F)C1)C1=Cc2ccc(C(F)(F)F)cc2OC1. The molecule has 0 aromatic heterocycles. The van der Waals surface area contributed by atoms with E-state index in [2.05, 4.69) is 10.6 Å². The summed E-state index contributed by atoms with van der Waals surface area (Å²) in [5.74, 6) is -1.00. The van der Waals surface area contributed by atoms with Crippen molar-refractivity contribution in [2.45, 2.75) is 32.9 Å². The molecule has 31 heavy (non-hydrogen) atoms. The third-order valence-corrected chi connectivity index (χ3v) is 5.28. The minimum absolute atomic E-state index is 0.0433. The predicted molar refractivity (Wildman–Crippen MR) is 110 cm³/mol. The summed E-state index contributed by atoms with van der Waals surface area (Å²) in [6.45, 7) is 4.06. The van der Waals surface area contributed by atoms with Gasteiger partial charge in [0.15, 0.2) is 0 Å². The molecule has 1 aliphatic heterocycles. The fourth-order valence-electron chi connectivity index (χ4n) is 3.68. The Balaban J connectivity index is 1.79. The first kappa shape index (κ1) is 22.9. The van der Waals surface area contributed by atoms with E-state index in [1.54, 1.807) is 13.0 Å². The number of ether oxygens (including phenoxy) is 1. The summed E-state index contributed by atoms with van der Waals surface area (Å²) >= 11 is 0. The zero-order valence-corrected chi connectivity index (χ0v) is 17.6. The number of benzene rings is 1. The molecule has 0 radical (unpaired) electrons. The highest BCUT2D eigenvalue weighted by Crippen LogP contribution is 2.39. The number of allylic oxidation sites excluding steroid dienone is 3. The van der Waals surface area contributed by atoms with Gasteiger partial charge in [-0.25, -0.2) is 8.78 Å². The maximum absolute atomic E-state index is 14.3. The van der Waals surface area contributed by atoms with Crippen LogP contribution in [0.3, 0.4) is 0 Å². The average molecular weight is 440 g/mol. The lowest BCUT2D eigenvalue weighted by Crippen LogP contribution is -2.34. The van der Waals surface area contributed by atoms with Crippen LogP contribution in [0.5, 0.6) is 5.75 Å². The van der Waals surface area contributed by atoms with Crippen LogP contribution in [0.25, 0.3) is 6.08 Å². The van der Waals surface area contributed by atoms with Crippen LogP contribution in [0.15, 0.2) is 59.0 Å². The maximum atomic E-state index is 14.3. The van der Waals surface area contributed by atoms with E-state index in [1.165, 1.54) is 19.2 Å². The number of halogens is 5. The van der Waals surface area contributed by atoms with Crippen LogP contribution < -0.4 is 15.4 Å². The van der Waals surface area contributed by atoms with Crippen molar-refractivity contribution >= 4 is 6.08 Å². The largest absolute Gasteiger partial charge is 0.488 e. The fourth-order valence-corrected chi connectivity index (χ4v) is 3.68. The van der Waals surface area contributed by atoms with Crippen LogP contribution in [0.1, 0.15) is 37.8 Å². The Labute approximate surface area is 178 Å². The highest BCUT2D eigenvalue weighted by atomic mass is 19.4. The monoisotopic (exact) mass is 440 g/mol. The van der Waals surface area contributed by atoms with Gasteiger partial charge in [0, 0.05) is 42.3 Å². The van der Waals surface area contributed by atoms with Crippen molar-refractivity contribution in [3.8, 4) is 5.75 Å². The Bertz CT molecular complexity index is 975. The molecule has 1 aliphatic carbocycles. The van der Waals surface area contributed by atoms with Crippen LogP contribution >= 0.6 is 0 Å². The van der Waals surface area contributed by atoms with Crippen LogP contribution in [0.4, 0.5) is 22.0 Å². The lowest BCUT2D eigenvalue weighted by Gasteiger charge is -2.31. The summed E-state index contributed by atoms with van der Waals surface area (Å²) in [6, 6.07) is 3.38. The average Bonchev–Trinajstić information content (AvgIpc) is 2.69. The van der Waals surface area contributed by atoms with Crippen LogP contribution in [0, 0.1) is 5.41 Å². The lowest BCUT2D eigenvalue weighted by molar-refractivity contribution is -0.137. The molecule has 1 heterocycles. The van der Waals surface area contributed by atoms with E-state index in [9.17, 15) is 22.0 Å². The van der Waals surface area contributed by atoms with Gasteiger partial charge in [0.1, 0.15) is 29.7 Å². The molecule has 1 aromatic carbocycles. The number of rotatable bonds is 6. The number of alkyl halides is 3. The van der Waals surface area contributed by atoms with Gasteiger partial charge in [0.25, 0.3) is 0 Å². The Morgan fingerprint density at radius 3 is 2.61 bits per heavy atom. The first-order chi connectivity index (χ1) is 14.6. The lowest BCUT2D eigenvalue weighted by atomic mass is 9.81. The molecule has 168 valence electrons. The molecule has 3 rings (SSSR count). The number of fused-ring (bicyclic) bond motifs is 1. The third-order valence-electron chi connectivity index (χ3n) is 5.28. The Morgan fingerprint density at radius 2 is 2.00 bits per heavy atom. The summed E-state index contributed by atoms with van der Waals surface area (Å²) < 4.78 is 72.9. The topological polar surface area (TPSA) is 33.3 Å². The van der Waals surface area contributed by atoms with E-state index in [4.69, 9.17) is 4.74 Å². The number of likely N-dealkylation sites (N-methyl/N-ethyl adjacent to an activating group) is 1. The van der Waals surface area contributed by atoms with E-state index in [-0.39, 0.29) is 31.0 Å². The molecule has 1 unspecified atom stereocenters. The predicted octanol–water partition coefficient (Wildman–Crippen LogP) is 6.03. The number of hydrogen-bond donors (Lipinski definition) is 2. The third kappa shape index (κ3) is 5.11. The summed E-state index contributed by atoms with van der Waals surface area (Å²) in [6.07, 6.45) is 1.39. The molecule has 2 N–H and O–H groups in total. The van der Waals surface area contributed by atoms with Crippen molar-refractivity contribution in [2.75, 3.05) is 20.2 Å². The Kier molecular flexibility index (Phi) is 6.48.